The zero-order valence-electron chi connectivity index (χ0n) is 15.7. The summed E-state index contributed by atoms with van der Waals surface area (Å²) < 4.78 is 31.8. The monoisotopic (exact) mass is 396 g/mol. The van der Waals surface area contributed by atoms with Gasteiger partial charge in [-0.3, -0.25) is 14.5 Å². The predicted molar refractivity (Wildman–Crippen MR) is 97.5 cm³/mol. The molecule has 1 aromatic rings. The molecule has 1 aliphatic rings. The Morgan fingerprint density at radius 3 is 2.44 bits per heavy atom. The SMILES string of the molecule is CCN(CC)S(=O)(=O)c1cc(C(=O)OCC(=O)N2CCCC2=O)ccc1C. The molecule has 0 bridgehead atoms. The molecule has 148 valence electrons. The van der Waals surface area contributed by atoms with Crippen molar-refractivity contribution in [1.29, 1.82) is 0 Å². The van der Waals surface area contributed by atoms with E-state index in [2.05, 4.69) is 0 Å². The average molecular weight is 396 g/mol. The van der Waals surface area contributed by atoms with Crippen molar-refractivity contribution in [3.05, 3.63) is 29.3 Å². The second-order valence-corrected chi connectivity index (χ2v) is 8.09. The molecule has 8 nitrogen and oxygen atoms in total. The molecule has 9 heteroatoms. The molecular formula is C18H24N2O6S. The first kappa shape index (κ1) is 21.0. The van der Waals surface area contributed by atoms with Crippen molar-refractivity contribution < 1.29 is 27.5 Å². The maximum absolute atomic E-state index is 12.7. The summed E-state index contributed by atoms with van der Waals surface area (Å²) in [5.74, 6) is -1.67. The van der Waals surface area contributed by atoms with Gasteiger partial charge in [0.2, 0.25) is 15.9 Å². The third kappa shape index (κ3) is 4.54. The van der Waals surface area contributed by atoms with E-state index in [9.17, 15) is 22.8 Å². The maximum Gasteiger partial charge on any atom is 0.338 e. The lowest BCUT2D eigenvalue weighted by molar-refractivity contribution is -0.143. The number of imide groups is 1. The number of benzene rings is 1. The number of nitrogens with zero attached hydrogens (tertiary/aromatic N) is 2. The highest BCUT2D eigenvalue weighted by Crippen LogP contribution is 2.22. The molecule has 0 spiro atoms. The molecular weight excluding hydrogens is 372 g/mol. The van der Waals surface area contributed by atoms with Crippen LogP contribution in [0.2, 0.25) is 0 Å². The van der Waals surface area contributed by atoms with E-state index in [1.54, 1.807) is 20.8 Å². The van der Waals surface area contributed by atoms with Gasteiger partial charge in [0.05, 0.1) is 10.5 Å². The summed E-state index contributed by atoms with van der Waals surface area (Å²) in [5, 5.41) is 0. The van der Waals surface area contributed by atoms with Crippen LogP contribution < -0.4 is 0 Å². The summed E-state index contributed by atoms with van der Waals surface area (Å²) in [6.45, 7) is 5.51. The number of amides is 2. The van der Waals surface area contributed by atoms with Crippen LogP contribution in [0.1, 0.15) is 42.6 Å². The topological polar surface area (TPSA) is 101 Å². The molecule has 0 radical (unpaired) electrons. The van der Waals surface area contributed by atoms with Crippen molar-refractivity contribution in [2.24, 2.45) is 0 Å². The Morgan fingerprint density at radius 2 is 1.89 bits per heavy atom. The maximum atomic E-state index is 12.7. The lowest BCUT2D eigenvalue weighted by atomic mass is 10.1. The van der Waals surface area contributed by atoms with Crippen LogP contribution in [0.3, 0.4) is 0 Å². The molecule has 0 atom stereocenters. The predicted octanol–water partition coefficient (Wildman–Crippen LogP) is 1.33. The minimum Gasteiger partial charge on any atom is -0.452 e. The quantitative estimate of drug-likeness (QED) is 0.645. The van der Waals surface area contributed by atoms with Gasteiger partial charge in [0, 0.05) is 26.1 Å². The second kappa shape index (κ2) is 8.62. The Hall–Kier alpha value is -2.26. The molecule has 1 aromatic carbocycles. The summed E-state index contributed by atoms with van der Waals surface area (Å²) in [7, 11) is -3.73. The fourth-order valence-electron chi connectivity index (χ4n) is 2.91. The van der Waals surface area contributed by atoms with E-state index < -0.39 is 28.5 Å². The minimum atomic E-state index is -3.73. The number of rotatable bonds is 7. The van der Waals surface area contributed by atoms with Gasteiger partial charge in [-0.1, -0.05) is 19.9 Å². The lowest BCUT2D eigenvalue weighted by Crippen LogP contribution is -2.35. The number of hydrogen-bond acceptors (Lipinski definition) is 6. The van der Waals surface area contributed by atoms with Gasteiger partial charge in [-0.15, -0.1) is 0 Å². The first-order valence-electron chi connectivity index (χ1n) is 8.83. The number of esters is 1. The highest BCUT2D eigenvalue weighted by atomic mass is 32.2. The first-order chi connectivity index (χ1) is 12.7. The molecule has 2 rings (SSSR count). The molecule has 0 aromatic heterocycles. The van der Waals surface area contributed by atoms with E-state index in [4.69, 9.17) is 4.74 Å². The molecule has 0 unspecified atom stereocenters. The van der Waals surface area contributed by atoms with E-state index in [1.807, 2.05) is 0 Å². The van der Waals surface area contributed by atoms with Gasteiger partial charge < -0.3 is 4.74 Å². The van der Waals surface area contributed by atoms with Gasteiger partial charge in [-0.25, -0.2) is 13.2 Å². The van der Waals surface area contributed by atoms with Crippen molar-refractivity contribution in [2.75, 3.05) is 26.2 Å². The van der Waals surface area contributed by atoms with Crippen LogP contribution in [0.25, 0.3) is 0 Å². The highest BCUT2D eigenvalue weighted by molar-refractivity contribution is 7.89. The lowest BCUT2D eigenvalue weighted by Gasteiger charge is -2.20. The molecule has 0 N–H and O–H groups in total. The van der Waals surface area contributed by atoms with Crippen LogP contribution in [-0.4, -0.2) is 61.6 Å². The van der Waals surface area contributed by atoms with E-state index >= 15 is 0 Å². The van der Waals surface area contributed by atoms with Gasteiger partial charge >= 0.3 is 5.97 Å². The summed E-state index contributed by atoms with van der Waals surface area (Å²) in [6.07, 6.45) is 0.910. The van der Waals surface area contributed by atoms with Crippen molar-refractivity contribution in [3.8, 4) is 0 Å². The summed E-state index contributed by atoms with van der Waals surface area (Å²) in [4.78, 5) is 36.9. The van der Waals surface area contributed by atoms with Crippen LogP contribution in [0, 0.1) is 6.92 Å². The number of likely N-dealkylation sites (tertiary alicyclic amines) is 1. The standard InChI is InChI=1S/C18H24N2O6S/c1-4-19(5-2)27(24,25)15-11-14(9-8-13(15)3)18(23)26-12-17(22)20-10-6-7-16(20)21/h8-9,11H,4-7,10,12H2,1-3H3. The summed E-state index contributed by atoms with van der Waals surface area (Å²) in [6, 6.07) is 4.24. The zero-order valence-corrected chi connectivity index (χ0v) is 16.5. The van der Waals surface area contributed by atoms with Gasteiger partial charge in [0.1, 0.15) is 0 Å². The molecule has 27 heavy (non-hydrogen) atoms. The molecule has 1 fully saturated rings. The highest BCUT2D eigenvalue weighted by Gasteiger charge is 2.28. The summed E-state index contributed by atoms with van der Waals surface area (Å²) in [5.41, 5.74) is 0.545. The fraction of sp³-hybridized carbons (Fsp3) is 0.500. The van der Waals surface area contributed by atoms with Crippen LogP contribution in [-0.2, 0) is 24.3 Å². The Balaban J connectivity index is 2.16. The Labute approximate surface area is 159 Å². The van der Waals surface area contributed by atoms with Crippen molar-refractivity contribution in [2.45, 2.75) is 38.5 Å². The van der Waals surface area contributed by atoms with Gasteiger partial charge in [-0.2, -0.15) is 4.31 Å². The van der Waals surface area contributed by atoms with Crippen molar-refractivity contribution in [1.82, 2.24) is 9.21 Å². The average Bonchev–Trinajstić information content (AvgIpc) is 3.06. The van der Waals surface area contributed by atoms with Crippen LogP contribution in [0.15, 0.2) is 23.1 Å². The van der Waals surface area contributed by atoms with Gasteiger partial charge in [0.15, 0.2) is 6.61 Å². The summed E-state index contributed by atoms with van der Waals surface area (Å²) >= 11 is 0. The number of ether oxygens (including phenoxy) is 1. The van der Waals surface area contributed by atoms with Crippen LogP contribution >= 0.6 is 0 Å². The smallest absolute Gasteiger partial charge is 0.338 e. The van der Waals surface area contributed by atoms with E-state index in [-0.39, 0.29) is 16.4 Å². The molecule has 0 aliphatic carbocycles. The zero-order chi connectivity index (χ0) is 20.2. The van der Waals surface area contributed by atoms with Gasteiger partial charge in [0.25, 0.3) is 5.91 Å². The first-order valence-corrected chi connectivity index (χ1v) is 10.3. The number of aryl methyl sites for hydroxylation is 1. The number of carbonyl (C=O) groups excluding carboxylic acids is 3. The van der Waals surface area contributed by atoms with E-state index in [1.165, 1.54) is 22.5 Å². The Morgan fingerprint density at radius 1 is 1.22 bits per heavy atom. The molecule has 2 amide bonds. The Bertz CT molecular complexity index is 845. The van der Waals surface area contributed by atoms with Gasteiger partial charge in [-0.05, 0) is 31.0 Å². The second-order valence-electron chi connectivity index (χ2n) is 6.19. The largest absolute Gasteiger partial charge is 0.452 e. The van der Waals surface area contributed by atoms with Crippen LogP contribution in [0.5, 0.6) is 0 Å². The number of carbonyl (C=O) groups is 3. The van der Waals surface area contributed by atoms with E-state index in [0.717, 1.165) is 4.90 Å². The Kier molecular flexibility index (Phi) is 6.72. The fourth-order valence-corrected chi connectivity index (χ4v) is 4.62. The number of sulfonamides is 1. The normalized spacial score (nSPS) is 14.7. The van der Waals surface area contributed by atoms with E-state index in [0.29, 0.717) is 38.0 Å². The molecule has 1 saturated heterocycles. The van der Waals surface area contributed by atoms with Crippen LogP contribution in [0.4, 0.5) is 0 Å². The molecule has 1 aliphatic heterocycles. The molecule has 1 heterocycles. The number of hydrogen-bond donors (Lipinski definition) is 0. The molecule has 0 saturated carbocycles. The third-order valence-corrected chi connectivity index (χ3v) is 6.64. The third-order valence-electron chi connectivity index (χ3n) is 4.45. The van der Waals surface area contributed by atoms with Crippen molar-refractivity contribution >= 4 is 27.8 Å². The minimum absolute atomic E-state index is 0.0293. The van der Waals surface area contributed by atoms with Crippen molar-refractivity contribution in [3.63, 3.8) is 0 Å².